The second-order valence-corrected chi connectivity index (χ2v) is 5.32. The van der Waals surface area contributed by atoms with Gasteiger partial charge in [0.15, 0.2) is 4.67 Å². The summed E-state index contributed by atoms with van der Waals surface area (Å²) in [6.07, 6.45) is 5.17. The van der Waals surface area contributed by atoms with Gasteiger partial charge in [-0.05, 0) is 48.3 Å². The fourth-order valence-electron chi connectivity index (χ4n) is 2.32. The number of carbonyl (C=O) groups excluding carboxylic acids is 1. The Kier molecular flexibility index (Phi) is 4.83. The van der Waals surface area contributed by atoms with Crippen LogP contribution in [-0.4, -0.2) is 36.5 Å². The summed E-state index contributed by atoms with van der Waals surface area (Å²) in [5, 5.41) is 3.47. The van der Waals surface area contributed by atoms with Crippen molar-refractivity contribution in [1.29, 1.82) is 0 Å². The largest absolute Gasteiger partial charge is 0.457 e. The fraction of sp³-hybridized carbons (Fsp3) is 0.615. The van der Waals surface area contributed by atoms with E-state index in [2.05, 4.69) is 21.2 Å². The van der Waals surface area contributed by atoms with E-state index in [9.17, 15) is 4.79 Å². The molecule has 0 aromatic carbocycles. The molecule has 1 aliphatic rings. The quantitative estimate of drug-likeness (QED) is 0.929. The van der Waals surface area contributed by atoms with E-state index < -0.39 is 0 Å². The highest BCUT2D eigenvalue weighted by atomic mass is 79.9. The van der Waals surface area contributed by atoms with Gasteiger partial charge in [-0.15, -0.1) is 0 Å². The highest BCUT2D eigenvalue weighted by Crippen LogP contribution is 2.20. The van der Waals surface area contributed by atoms with Crippen molar-refractivity contribution in [2.75, 3.05) is 19.6 Å². The molecule has 0 spiro atoms. The number of carbonyl (C=O) groups is 1. The Bertz CT molecular complexity index is 399. The van der Waals surface area contributed by atoms with E-state index in [0.717, 1.165) is 19.5 Å². The van der Waals surface area contributed by atoms with Crippen LogP contribution in [0.1, 0.15) is 36.5 Å². The van der Waals surface area contributed by atoms with Crippen molar-refractivity contribution in [3.8, 4) is 0 Å². The summed E-state index contributed by atoms with van der Waals surface area (Å²) in [6.45, 7) is 4.56. The molecular weight excluding hydrogens is 296 g/mol. The zero-order chi connectivity index (χ0) is 13.0. The second kappa shape index (κ2) is 6.38. The van der Waals surface area contributed by atoms with Gasteiger partial charge < -0.3 is 14.6 Å². The van der Waals surface area contributed by atoms with Gasteiger partial charge in [0.2, 0.25) is 0 Å². The van der Waals surface area contributed by atoms with Crippen LogP contribution >= 0.6 is 15.9 Å². The number of halogens is 1. The van der Waals surface area contributed by atoms with E-state index >= 15 is 0 Å². The van der Waals surface area contributed by atoms with Crippen molar-refractivity contribution in [3.05, 3.63) is 22.6 Å². The Hall–Kier alpha value is -0.810. The minimum Gasteiger partial charge on any atom is -0.457 e. The van der Waals surface area contributed by atoms with Crippen LogP contribution in [0.2, 0.25) is 0 Å². The SMILES string of the molecule is CCN(CC1CCCCN1)C(=O)c1ccoc1Br. The van der Waals surface area contributed by atoms with Gasteiger partial charge in [0, 0.05) is 19.1 Å². The molecule has 1 fully saturated rings. The molecule has 0 saturated carbocycles. The molecule has 1 atom stereocenters. The molecule has 0 aliphatic carbocycles. The topological polar surface area (TPSA) is 45.5 Å². The molecule has 1 N–H and O–H groups in total. The minimum atomic E-state index is 0.0329. The molecule has 4 nitrogen and oxygen atoms in total. The minimum absolute atomic E-state index is 0.0329. The number of rotatable bonds is 4. The maximum atomic E-state index is 12.3. The van der Waals surface area contributed by atoms with Crippen molar-refractivity contribution < 1.29 is 9.21 Å². The van der Waals surface area contributed by atoms with Gasteiger partial charge in [-0.2, -0.15) is 0 Å². The predicted octanol–water partition coefficient (Wildman–Crippen LogP) is 2.65. The zero-order valence-electron chi connectivity index (χ0n) is 10.6. The van der Waals surface area contributed by atoms with Crippen LogP contribution in [0.4, 0.5) is 0 Å². The Morgan fingerprint density at radius 2 is 2.44 bits per heavy atom. The summed E-state index contributed by atoms with van der Waals surface area (Å²) in [5.74, 6) is 0.0329. The highest BCUT2D eigenvalue weighted by Gasteiger charge is 2.22. The first-order valence-electron chi connectivity index (χ1n) is 6.48. The lowest BCUT2D eigenvalue weighted by atomic mass is 10.0. The standard InChI is InChI=1S/C13H19BrN2O2/c1-2-16(9-10-5-3-4-7-15-10)13(17)11-6-8-18-12(11)14/h6,8,10,15H,2-5,7,9H2,1H3. The lowest BCUT2D eigenvalue weighted by molar-refractivity contribution is 0.0739. The van der Waals surface area contributed by atoms with Crippen molar-refractivity contribution in [2.24, 2.45) is 0 Å². The molecule has 2 rings (SSSR count). The van der Waals surface area contributed by atoms with Crippen LogP contribution in [0, 0.1) is 0 Å². The first-order valence-corrected chi connectivity index (χ1v) is 7.27. The zero-order valence-corrected chi connectivity index (χ0v) is 12.2. The predicted molar refractivity (Wildman–Crippen MR) is 73.6 cm³/mol. The Labute approximate surface area is 116 Å². The molecular formula is C13H19BrN2O2. The number of piperidine rings is 1. The summed E-state index contributed by atoms with van der Waals surface area (Å²) < 4.78 is 5.64. The molecule has 0 bridgehead atoms. The van der Waals surface area contributed by atoms with E-state index in [0.29, 0.717) is 22.8 Å². The first kappa shape index (κ1) is 13.6. The number of nitrogens with zero attached hydrogens (tertiary/aromatic N) is 1. The van der Waals surface area contributed by atoms with E-state index in [4.69, 9.17) is 4.42 Å². The van der Waals surface area contributed by atoms with E-state index in [1.54, 1.807) is 6.07 Å². The number of furan rings is 1. The molecule has 0 radical (unpaired) electrons. The van der Waals surface area contributed by atoms with Gasteiger partial charge in [-0.1, -0.05) is 6.42 Å². The first-order chi connectivity index (χ1) is 8.72. The summed E-state index contributed by atoms with van der Waals surface area (Å²) in [7, 11) is 0. The van der Waals surface area contributed by atoms with Gasteiger partial charge >= 0.3 is 0 Å². The van der Waals surface area contributed by atoms with Gasteiger partial charge in [-0.3, -0.25) is 4.79 Å². The van der Waals surface area contributed by atoms with Crippen LogP contribution in [0.15, 0.2) is 21.4 Å². The van der Waals surface area contributed by atoms with Gasteiger partial charge in [0.1, 0.15) is 0 Å². The second-order valence-electron chi connectivity index (χ2n) is 4.60. The van der Waals surface area contributed by atoms with Crippen molar-refractivity contribution in [1.82, 2.24) is 10.2 Å². The molecule has 1 amide bonds. The third-order valence-corrected chi connectivity index (χ3v) is 3.98. The van der Waals surface area contributed by atoms with Gasteiger partial charge in [0.05, 0.1) is 11.8 Å². The third-order valence-electron chi connectivity index (χ3n) is 3.37. The number of likely N-dealkylation sites (N-methyl/N-ethyl adjacent to an activating group) is 1. The van der Waals surface area contributed by atoms with E-state index in [1.807, 2.05) is 11.8 Å². The summed E-state index contributed by atoms with van der Waals surface area (Å²) in [4.78, 5) is 14.2. The van der Waals surface area contributed by atoms with Crippen molar-refractivity contribution in [2.45, 2.75) is 32.2 Å². The van der Waals surface area contributed by atoms with Crippen LogP contribution in [-0.2, 0) is 0 Å². The van der Waals surface area contributed by atoms with Crippen molar-refractivity contribution in [3.63, 3.8) is 0 Å². The number of hydrogen-bond acceptors (Lipinski definition) is 3. The van der Waals surface area contributed by atoms with Crippen LogP contribution in [0.5, 0.6) is 0 Å². The smallest absolute Gasteiger partial charge is 0.258 e. The average Bonchev–Trinajstić information content (AvgIpc) is 2.82. The highest BCUT2D eigenvalue weighted by molar-refractivity contribution is 9.10. The molecule has 5 heteroatoms. The number of amides is 1. The molecule has 1 aromatic heterocycles. The maximum Gasteiger partial charge on any atom is 0.258 e. The molecule has 18 heavy (non-hydrogen) atoms. The van der Waals surface area contributed by atoms with Crippen LogP contribution < -0.4 is 5.32 Å². The van der Waals surface area contributed by atoms with Crippen LogP contribution in [0.3, 0.4) is 0 Å². The molecule has 1 unspecified atom stereocenters. The van der Waals surface area contributed by atoms with E-state index in [1.165, 1.54) is 19.1 Å². The summed E-state index contributed by atoms with van der Waals surface area (Å²) in [5.41, 5.74) is 0.604. The number of hydrogen-bond donors (Lipinski definition) is 1. The van der Waals surface area contributed by atoms with Gasteiger partial charge in [0.25, 0.3) is 5.91 Å². The molecule has 100 valence electrons. The third kappa shape index (κ3) is 3.14. The average molecular weight is 315 g/mol. The monoisotopic (exact) mass is 314 g/mol. The van der Waals surface area contributed by atoms with E-state index in [-0.39, 0.29) is 5.91 Å². The molecule has 1 saturated heterocycles. The number of nitrogens with one attached hydrogen (secondary N) is 1. The lowest BCUT2D eigenvalue weighted by Gasteiger charge is -2.29. The molecule has 1 aliphatic heterocycles. The summed E-state index contributed by atoms with van der Waals surface area (Å²) in [6, 6.07) is 2.14. The lowest BCUT2D eigenvalue weighted by Crippen LogP contribution is -2.45. The molecule has 1 aromatic rings. The van der Waals surface area contributed by atoms with Crippen molar-refractivity contribution >= 4 is 21.8 Å². The fourth-order valence-corrected chi connectivity index (χ4v) is 2.73. The summed E-state index contributed by atoms with van der Waals surface area (Å²) >= 11 is 3.26. The Morgan fingerprint density at radius 1 is 1.61 bits per heavy atom. The van der Waals surface area contributed by atoms with Crippen LogP contribution in [0.25, 0.3) is 0 Å². The Balaban J connectivity index is 1.99. The maximum absolute atomic E-state index is 12.3. The van der Waals surface area contributed by atoms with Gasteiger partial charge in [-0.25, -0.2) is 0 Å². The Morgan fingerprint density at radius 3 is 3.00 bits per heavy atom. The normalized spacial score (nSPS) is 19.8. The molecule has 2 heterocycles.